The number of furan rings is 1. The molecule has 2 nitrogen and oxygen atoms in total. The third-order valence-corrected chi connectivity index (χ3v) is 2.85. The smallest absolute Gasteiger partial charge is 0.169 e. The van der Waals surface area contributed by atoms with E-state index in [1.165, 1.54) is 0 Å². The molecule has 0 spiro atoms. The Morgan fingerprint density at radius 2 is 2.23 bits per heavy atom. The molecule has 1 rings (SSSR count). The number of rotatable bonds is 4. The van der Waals surface area contributed by atoms with Crippen LogP contribution in [0, 0.1) is 5.92 Å². The number of nitrogens with one attached hydrogen (secondary N) is 1. The Balaban J connectivity index is 2.77. The molecular weight excluding hydrogens is 230 g/mol. The summed E-state index contributed by atoms with van der Waals surface area (Å²) in [5, 5.41) is 3.27. The predicted molar refractivity (Wildman–Crippen MR) is 57.7 cm³/mol. The lowest BCUT2D eigenvalue weighted by Crippen LogP contribution is -2.22. The summed E-state index contributed by atoms with van der Waals surface area (Å²) in [4.78, 5) is 0. The highest BCUT2D eigenvalue weighted by molar-refractivity contribution is 9.10. The molecule has 1 aromatic rings. The molecule has 0 fully saturated rings. The summed E-state index contributed by atoms with van der Waals surface area (Å²) in [6.07, 6.45) is 1.14. The number of hydrogen-bond acceptors (Lipinski definition) is 2. The lowest BCUT2D eigenvalue weighted by molar-refractivity contribution is 0.330. The molecule has 2 unspecified atom stereocenters. The molecular formula is C10H16BrNO. The first-order chi connectivity index (χ1) is 6.19. The standard InChI is InChI=1S/C10H16BrNO/c1-4-7(2)10(12-3)8-5-6-9(11)13-8/h5-7,10,12H,4H2,1-3H3. The van der Waals surface area contributed by atoms with Crippen LogP contribution in [0.15, 0.2) is 21.2 Å². The van der Waals surface area contributed by atoms with Crippen LogP contribution < -0.4 is 5.32 Å². The van der Waals surface area contributed by atoms with E-state index in [9.17, 15) is 0 Å². The molecule has 1 heterocycles. The first-order valence-corrected chi connectivity index (χ1v) is 5.40. The molecule has 0 aromatic carbocycles. The zero-order valence-electron chi connectivity index (χ0n) is 8.30. The Bertz CT molecular complexity index is 259. The highest BCUT2D eigenvalue weighted by atomic mass is 79.9. The van der Waals surface area contributed by atoms with Crippen molar-refractivity contribution >= 4 is 15.9 Å². The summed E-state index contributed by atoms with van der Waals surface area (Å²) < 4.78 is 6.31. The first-order valence-electron chi connectivity index (χ1n) is 4.61. The van der Waals surface area contributed by atoms with Gasteiger partial charge in [-0.2, -0.15) is 0 Å². The van der Waals surface area contributed by atoms with Crippen molar-refractivity contribution in [2.45, 2.75) is 26.3 Å². The van der Waals surface area contributed by atoms with E-state index in [2.05, 4.69) is 35.1 Å². The second-order valence-electron chi connectivity index (χ2n) is 3.29. The van der Waals surface area contributed by atoms with Gasteiger partial charge < -0.3 is 9.73 Å². The van der Waals surface area contributed by atoms with Crippen molar-refractivity contribution in [1.82, 2.24) is 5.32 Å². The topological polar surface area (TPSA) is 25.2 Å². The van der Waals surface area contributed by atoms with Gasteiger partial charge in [0.25, 0.3) is 0 Å². The van der Waals surface area contributed by atoms with Crippen LogP contribution in [0.5, 0.6) is 0 Å². The average molecular weight is 246 g/mol. The minimum atomic E-state index is 0.316. The number of halogens is 1. The lowest BCUT2D eigenvalue weighted by atomic mass is 9.97. The SMILES string of the molecule is CCC(C)C(NC)c1ccc(Br)o1. The zero-order chi connectivity index (χ0) is 9.84. The summed E-state index contributed by atoms with van der Waals surface area (Å²) in [7, 11) is 1.97. The van der Waals surface area contributed by atoms with Gasteiger partial charge in [0.15, 0.2) is 4.67 Å². The van der Waals surface area contributed by atoms with Crippen LogP contribution in [-0.2, 0) is 0 Å². The minimum Gasteiger partial charge on any atom is -0.453 e. The molecule has 0 saturated carbocycles. The molecule has 0 aliphatic heterocycles. The summed E-state index contributed by atoms with van der Waals surface area (Å²) in [5.41, 5.74) is 0. The molecule has 0 radical (unpaired) electrons. The van der Waals surface area contributed by atoms with Crippen LogP contribution >= 0.6 is 15.9 Å². The summed E-state index contributed by atoms with van der Waals surface area (Å²) >= 11 is 3.31. The van der Waals surface area contributed by atoms with Gasteiger partial charge in [0.2, 0.25) is 0 Å². The second-order valence-corrected chi connectivity index (χ2v) is 4.08. The van der Waals surface area contributed by atoms with Crippen molar-refractivity contribution in [3.05, 3.63) is 22.6 Å². The molecule has 74 valence electrons. The van der Waals surface area contributed by atoms with Gasteiger partial charge in [-0.05, 0) is 41.0 Å². The van der Waals surface area contributed by atoms with Crippen LogP contribution in [0.2, 0.25) is 0 Å². The summed E-state index contributed by atoms with van der Waals surface area (Å²) in [5.74, 6) is 1.59. The maximum absolute atomic E-state index is 5.51. The second kappa shape index (κ2) is 4.82. The van der Waals surface area contributed by atoms with Gasteiger partial charge in [-0.25, -0.2) is 0 Å². The Hall–Kier alpha value is -0.280. The third-order valence-electron chi connectivity index (χ3n) is 2.42. The van der Waals surface area contributed by atoms with Crippen molar-refractivity contribution in [3.63, 3.8) is 0 Å². The molecule has 0 saturated heterocycles. The molecule has 0 bridgehead atoms. The summed E-state index contributed by atoms with van der Waals surface area (Å²) in [6.45, 7) is 4.41. The zero-order valence-corrected chi connectivity index (χ0v) is 9.89. The highest BCUT2D eigenvalue weighted by Gasteiger charge is 2.18. The fraction of sp³-hybridized carbons (Fsp3) is 0.600. The lowest BCUT2D eigenvalue weighted by Gasteiger charge is -2.19. The molecule has 13 heavy (non-hydrogen) atoms. The molecule has 0 aliphatic carbocycles. The maximum atomic E-state index is 5.51. The molecule has 2 atom stereocenters. The summed E-state index contributed by atoms with van der Waals surface area (Å²) in [6, 6.07) is 4.26. The Kier molecular flexibility index (Phi) is 4.00. The van der Waals surface area contributed by atoms with Gasteiger partial charge in [-0.3, -0.25) is 0 Å². The van der Waals surface area contributed by atoms with E-state index in [0.717, 1.165) is 16.9 Å². The molecule has 1 N–H and O–H groups in total. The third kappa shape index (κ3) is 2.58. The van der Waals surface area contributed by atoms with Crippen molar-refractivity contribution in [3.8, 4) is 0 Å². The number of hydrogen-bond donors (Lipinski definition) is 1. The van der Waals surface area contributed by atoms with E-state index in [4.69, 9.17) is 4.42 Å². The van der Waals surface area contributed by atoms with Crippen molar-refractivity contribution in [2.24, 2.45) is 5.92 Å². The van der Waals surface area contributed by atoms with Gasteiger partial charge in [0.05, 0.1) is 6.04 Å². The molecule has 0 amide bonds. The highest BCUT2D eigenvalue weighted by Crippen LogP contribution is 2.27. The van der Waals surface area contributed by atoms with Gasteiger partial charge in [-0.1, -0.05) is 20.3 Å². The van der Waals surface area contributed by atoms with Gasteiger partial charge in [0.1, 0.15) is 5.76 Å². The van der Waals surface area contributed by atoms with E-state index in [-0.39, 0.29) is 0 Å². The van der Waals surface area contributed by atoms with E-state index in [1.807, 2.05) is 19.2 Å². The van der Waals surface area contributed by atoms with E-state index in [1.54, 1.807) is 0 Å². The fourth-order valence-electron chi connectivity index (χ4n) is 1.44. The average Bonchev–Trinajstić information content (AvgIpc) is 2.53. The van der Waals surface area contributed by atoms with Crippen molar-refractivity contribution < 1.29 is 4.42 Å². The minimum absolute atomic E-state index is 0.316. The monoisotopic (exact) mass is 245 g/mol. The normalized spacial score (nSPS) is 15.7. The van der Waals surface area contributed by atoms with Crippen LogP contribution in [-0.4, -0.2) is 7.05 Å². The van der Waals surface area contributed by atoms with Crippen LogP contribution in [0.3, 0.4) is 0 Å². The Labute approximate surface area is 87.8 Å². The molecule has 3 heteroatoms. The van der Waals surface area contributed by atoms with Crippen molar-refractivity contribution in [1.29, 1.82) is 0 Å². The molecule has 1 aromatic heterocycles. The van der Waals surface area contributed by atoms with Crippen LogP contribution in [0.1, 0.15) is 32.1 Å². The van der Waals surface area contributed by atoms with Gasteiger partial charge in [-0.15, -0.1) is 0 Å². The van der Waals surface area contributed by atoms with Crippen LogP contribution in [0.25, 0.3) is 0 Å². The van der Waals surface area contributed by atoms with Crippen LogP contribution in [0.4, 0.5) is 0 Å². The Morgan fingerprint density at radius 3 is 2.62 bits per heavy atom. The van der Waals surface area contributed by atoms with Crippen molar-refractivity contribution in [2.75, 3.05) is 7.05 Å². The van der Waals surface area contributed by atoms with E-state index in [0.29, 0.717) is 12.0 Å². The Morgan fingerprint density at radius 1 is 1.54 bits per heavy atom. The fourth-order valence-corrected chi connectivity index (χ4v) is 1.76. The predicted octanol–water partition coefficient (Wildman–Crippen LogP) is 3.35. The van der Waals surface area contributed by atoms with E-state index < -0.39 is 0 Å². The van der Waals surface area contributed by atoms with E-state index >= 15 is 0 Å². The maximum Gasteiger partial charge on any atom is 0.169 e. The molecule has 0 aliphatic rings. The largest absolute Gasteiger partial charge is 0.453 e. The van der Waals surface area contributed by atoms with Gasteiger partial charge in [0, 0.05) is 0 Å². The first kappa shape index (κ1) is 10.8. The quantitative estimate of drug-likeness (QED) is 0.881. The van der Waals surface area contributed by atoms with Gasteiger partial charge >= 0.3 is 0 Å².